The summed E-state index contributed by atoms with van der Waals surface area (Å²) in [5.41, 5.74) is 1.53. The molecule has 66 valence electrons. The van der Waals surface area contributed by atoms with E-state index in [1.165, 1.54) is 0 Å². The summed E-state index contributed by atoms with van der Waals surface area (Å²) in [4.78, 5) is 10.8. The van der Waals surface area contributed by atoms with Crippen molar-refractivity contribution >= 4 is 6.09 Å². The summed E-state index contributed by atoms with van der Waals surface area (Å²) < 4.78 is 5.01. The minimum atomic E-state index is -0.432. The normalized spacial score (nSPS) is 21.1. The molecule has 1 amide bonds. The van der Waals surface area contributed by atoms with Gasteiger partial charge in [-0.05, 0) is 5.56 Å². The molecule has 0 aromatic heterocycles. The molecule has 0 unspecified atom stereocenters. The molecule has 0 bridgehead atoms. The van der Waals surface area contributed by atoms with E-state index in [1.54, 1.807) is 0 Å². The summed E-state index contributed by atoms with van der Waals surface area (Å²) in [6.07, 6.45) is -0.771. The van der Waals surface area contributed by atoms with E-state index < -0.39 is 6.09 Å². The van der Waals surface area contributed by atoms with Crippen molar-refractivity contribution in [1.29, 1.82) is 0 Å². The maximum absolute atomic E-state index is 10.8. The van der Waals surface area contributed by atoms with Crippen LogP contribution in [0.4, 0.5) is 4.79 Å². The standard InChI is InChI=1S/C10H9NO2/c1-7-9(13-10(12)11-7)8-5-3-2-4-6-8/h2-6,9H,1H2,(H,11,12)/t9-/m1/s1. The summed E-state index contributed by atoms with van der Waals surface area (Å²) in [6.45, 7) is 3.71. The molecule has 1 saturated heterocycles. The molecule has 1 N–H and O–H groups in total. The number of ether oxygens (including phenoxy) is 1. The van der Waals surface area contributed by atoms with Gasteiger partial charge in [0.15, 0.2) is 6.10 Å². The van der Waals surface area contributed by atoms with Crippen molar-refractivity contribution < 1.29 is 9.53 Å². The minimum absolute atomic E-state index is 0.339. The maximum atomic E-state index is 10.8. The molecule has 0 aliphatic carbocycles. The van der Waals surface area contributed by atoms with Crippen LogP contribution in [-0.2, 0) is 4.74 Å². The van der Waals surface area contributed by atoms with Crippen LogP contribution in [-0.4, -0.2) is 6.09 Å². The molecule has 1 aromatic carbocycles. The number of cyclic esters (lactones) is 1. The van der Waals surface area contributed by atoms with Crippen molar-refractivity contribution in [3.05, 3.63) is 48.2 Å². The SMILES string of the molecule is C=C1NC(=O)O[C@H]1c1ccccc1. The number of nitrogens with one attached hydrogen (secondary N) is 1. The molecule has 3 heteroatoms. The van der Waals surface area contributed by atoms with Crippen molar-refractivity contribution in [1.82, 2.24) is 5.32 Å². The van der Waals surface area contributed by atoms with Gasteiger partial charge in [0.2, 0.25) is 0 Å². The largest absolute Gasteiger partial charge is 0.435 e. The second kappa shape index (κ2) is 2.94. The zero-order valence-corrected chi connectivity index (χ0v) is 6.99. The van der Waals surface area contributed by atoms with Gasteiger partial charge in [-0.25, -0.2) is 4.79 Å². The molecule has 1 aromatic rings. The highest BCUT2D eigenvalue weighted by molar-refractivity contribution is 5.73. The Morgan fingerprint density at radius 3 is 2.54 bits per heavy atom. The summed E-state index contributed by atoms with van der Waals surface area (Å²) in [5, 5.41) is 2.51. The first-order chi connectivity index (χ1) is 6.27. The van der Waals surface area contributed by atoms with Gasteiger partial charge in [0, 0.05) is 0 Å². The summed E-state index contributed by atoms with van der Waals surface area (Å²) in [7, 11) is 0. The summed E-state index contributed by atoms with van der Waals surface area (Å²) >= 11 is 0. The monoisotopic (exact) mass is 175 g/mol. The number of carbonyl (C=O) groups is 1. The van der Waals surface area contributed by atoms with Crippen LogP contribution in [0, 0.1) is 0 Å². The Bertz CT molecular complexity index is 345. The Hall–Kier alpha value is -1.77. The van der Waals surface area contributed by atoms with Crippen molar-refractivity contribution in [2.75, 3.05) is 0 Å². The number of hydrogen-bond donors (Lipinski definition) is 1. The highest BCUT2D eigenvalue weighted by Gasteiger charge is 2.27. The van der Waals surface area contributed by atoms with Gasteiger partial charge in [0.1, 0.15) is 0 Å². The molecule has 0 saturated carbocycles. The molecule has 1 atom stereocenters. The fourth-order valence-corrected chi connectivity index (χ4v) is 1.30. The average Bonchev–Trinajstić information content (AvgIpc) is 2.47. The first-order valence-electron chi connectivity index (χ1n) is 3.99. The van der Waals surface area contributed by atoms with E-state index >= 15 is 0 Å². The topological polar surface area (TPSA) is 38.3 Å². The van der Waals surface area contributed by atoms with Crippen LogP contribution in [0.1, 0.15) is 11.7 Å². The van der Waals surface area contributed by atoms with Crippen molar-refractivity contribution in [3.63, 3.8) is 0 Å². The Morgan fingerprint density at radius 1 is 1.31 bits per heavy atom. The lowest BCUT2D eigenvalue weighted by Gasteiger charge is -2.07. The van der Waals surface area contributed by atoms with Gasteiger partial charge in [-0.2, -0.15) is 0 Å². The molecule has 13 heavy (non-hydrogen) atoms. The van der Waals surface area contributed by atoms with Gasteiger partial charge in [-0.15, -0.1) is 0 Å². The number of amides is 1. The Labute approximate surface area is 76.0 Å². The minimum Gasteiger partial charge on any atom is -0.435 e. The number of rotatable bonds is 1. The molecule has 1 aliphatic rings. The number of alkyl carbamates (subject to hydrolysis) is 1. The second-order valence-electron chi connectivity index (χ2n) is 2.85. The number of hydrogen-bond acceptors (Lipinski definition) is 2. The highest BCUT2D eigenvalue weighted by atomic mass is 16.6. The summed E-state index contributed by atoms with van der Waals surface area (Å²) in [6, 6.07) is 9.51. The van der Waals surface area contributed by atoms with Crippen LogP contribution in [0.3, 0.4) is 0 Å². The Morgan fingerprint density at radius 2 is 2.00 bits per heavy atom. The van der Waals surface area contributed by atoms with Crippen molar-refractivity contribution in [3.8, 4) is 0 Å². The van der Waals surface area contributed by atoms with Gasteiger partial charge in [-0.1, -0.05) is 36.9 Å². The van der Waals surface area contributed by atoms with Crippen molar-refractivity contribution in [2.45, 2.75) is 6.10 Å². The van der Waals surface area contributed by atoms with Crippen LogP contribution >= 0.6 is 0 Å². The number of carbonyl (C=O) groups excluding carboxylic acids is 1. The third-order valence-electron chi connectivity index (χ3n) is 1.91. The second-order valence-corrected chi connectivity index (χ2v) is 2.85. The van der Waals surface area contributed by atoms with Crippen LogP contribution in [0.2, 0.25) is 0 Å². The van der Waals surface area contributed by atoms with Crippen LogP contribution in [0.5, 0.6) is 0 Å². The lowest BCUT2D eigenvalue weighted by atomic mass is 10.1. The summed E-state index contributed by atoms with van der Waals surface area (Å²) in [5.74, 6) is 0. The van der Waals surface area contributed by atoms with E-state index in [0.717, 1.165) is 5.56 Å². The predicted octanol–water partition coefficient (Wildman–Crippen LogP) is 1.98. The molecule has 0 radical (unpaired) electrons. The van der Waals surface area contributed by atoms with Crippen LogP contribution < -0.4 is 5.32 Å². The lowest BCUT2D eigenvalue weighted by molar-refractivity contribution is 0.145. The number of benzene rings is 1. The van der Waals surface area contributed by atoms with E-state index in [9.17, 15) is 4.79 Å². The van der Waals surface area contributed by atoms with E-state index in [-0.39, 0.29) is 6.10 Å². The van der Waals surface area contributed by atoms with Crippen LogP contribution in [0.15, 0.2) is 42.6 Å². The van der Waals surface area contributed by atoms with Gasteiger partial charge < -0.3 is 4.74 Å². The quantitative estimate of drug-likeness (QED) is 0.708. The molecular formula is C10H9NO2. The highest BCUT2D eigenvalue weighted by Crippen LogP contribution is 2.27. The van der Waals surface area contributed by atoms with E-state index in [4.69, 9.17) is 4.74 Å². The van der Waals surface area contributed by atoms with Crippen LogP contribution in [0.25, 0.3) is 0 Å². The fourth-order valence-electron chi connectivity index (χ4n) is 1.30. The Kier molecular flexibility index (Phi) is 1.77. The van der Waals surface area contributed by atoms with Gasteiger partial charge in [-0.3, -0.25) is 5.32 Å². The molecular weight excluding hydrogens is 166 g/mol. The molecule has 0 spiro atoms. The van der Waals surface area contributed by atoms with Crippen molar-refractivity contribution in [2.24, 2.45) is 0 Å². The van der Waals surface area contributed by atoms with E-state index in [1.807, 2.05) is 30.3 Å². The van der Waals surface area contributed by atoms with E-state index in [0.29, 0.717) is 5.70 Å². The van der Waals surface area contributed by atoms with E-state index in [2.05, 4.69) is 11.9 Å². The maximum Gasteiger partial charge on any atom is 0.412 e. The molecule has 1 aliphatic heterocycles. The first kappa shape index (κ1) is 7.86. The van der Waals surface area contributed by atoms with Gasteiger partial charge >= 0.3 is 6.09 Å². The zero-order chi connectivity index (χ0) is 9.26. The lowest BCUT2D eigenvalue weighted by Crippen LogP contribution is -2.10. The molecule has 1 fully saturated rings. The van der Waals surface area contributed by atoms with Gasteiger partial charge in [0.25, 0.3) is 0 Å². The average molecular weight is 175 g/mol. The first-order valence-corrected chi connectivity index (χ1v) is 3.99. The third-order valence-corrected chi connectivity index (χ3v) is 1.91. The molecule has 3 nitrogen and oxygen atoms in total. The fraction of sp³-hybridized carbons (Fsp3) is 0.100. The molecule has 2 rings (SSSR count). The van der Waals surface area contributed by atoms with Gasteiger partial charge in [0.05, 0.1) is 5.70 Å². The smallest absolute Gasteiger partial charge is 0.412 e. The molecule has 1 heterocycles. The Balaban J connectivity index is 2.28. The zero-order valence-electron chi connectivity index (χ0n) is 6.99. The third kappa shape index (κ3) is 1.40. The predicted molar refractivity (Wildman–Crippen MR) is 47.9 cm³/mol.